The van der Waals surface area contributed by atoms with Crippen molar-refractivity contribution in [2.75, 3.05) is 6.26 Å². The van der Waals surface area contributed by atoms with Crippen LogP contribution < -0.4 is 0 Å². The van der Waals surface area contributed by atoms with Gasteiger partial charge in [-0.05, 0) is 47.7 Å². The Morgan fingerprint density at radius 3 is 2.37 bits per heavy atom. The molecule has 1 aromatic rings. The van der Waals surface area contributed by atoms with Crippen LogP contribution in [-0.4, -0.2) is 19.9 Å². The fourth-order valence-electron chi connectivity index (χ4n) is 1.82. The third-order valence-corrected chi connectivity index (χ3v) is 4.12. The molecular weight excluding hydrogens is 284 g/mol. The summed E-state index contributed by atoms with van der Waals surface area (Å²) in [5.74, 6) is 0. The molecular formula is C14H17ClO3S. The van der Waals surface area contributed by atoms with E-state index in [1.807, 2.05) is 19.9 Å². The standard InChI is InChI=1S/C14H17ClO3S/c1-4-6-7-11-8-10(5-2)12(14(15)16)9-13(11)19(3,17)18/h6-9H,4-5H2,1-3H3. The van der Waals surface area contributed by atoms with Crippen LogP contribution in [0.4, 0.5) is 0 Å². The second kappa shape index (κ2) is 6.35. The normalized spacial score (nSPS) is 12.0. The SMILES string of the molecule is CCC=Cc1cc(CC)c(C(=O)Cl)cc1S(C)(=O)=O. The third kappa shape index (κ3) is 3.91. The summed E-state index contributed by atoms with van der Waals surface area (Å²) in [6.45, 7) is 3.86. The van der Waals surface area contributed by atoms with Gasteiger partial charge in [0, 0.05) is 11.8 Å². The van der Waals surface area contributed by atoms with E-state index in [0.717, 1.165) is 18.2 Å². The zero-order valence-corrected chi connectivity index (χ0v) is 12.8. The summed E-state index contributed by atoms with van der Waals surface area (Å²) < 4.78 is 23.6. The number of allylic oxidation sites excluding steroid dienone is 1. The molecule has 0 spiro atoms. The lowest BCUT2D eigenvalue weighted by Gasteiger charge is -2.10. The molecule has 0 saturated heterocycles. The van der Waals surface area contributed by atoms with Gasteiger partial charge < -0.3 is 0 Å². The average Bonchev–Trinajstić information content (AvgIpc) is 2.33. The first kappa shape index (κ1) is 15.9. The van der Waals surface area contributed by atoms with Gasteiger partial charge in [0.05, 0.1) is 4.90 Å². The van der Waals surface area contributed by atoms with Gasteiger partial charge in [-0.25, -0.2) is 8.42 Å². The zero-order chi connectivity index (χ0) is 14.6. The first-order chi connectivity index (χ1) is 8.81. The maximum absolute atomic E-state index is 11.8. The Balaban J connectivity index is 3.62. The smallest absolute Gasteiger partial charge is 0.252 e. The van der Waals surface area contributed by atoms with Crippen molar-refractivity contribution in [3.63, 3.8) is 0 Å². The molecule has 0 heterocycles. The van der Waals surface area contributed by atoms with Gasteiger partial charge >= 0.3 is 0 Å². The van der Waals surface area contributed by atoms with Crippen molar-refractivity contribution in [1.29, 1.82) is 0 Å². The molecule has 0 saturated carbocycles. The molecule has 0 unspecified atom stereocenters. The van der Waals surface area contributed by atoms with E-state index >= 15 is 0 Å². The van der Waals surface area contributed by atoms with Crippen molar-refractivity contribution in [2.45, 2.75) is 31.6 Å². The molecule has 0 atom stereocenters. The number of hydrogen-bond acceptors (Lipinski definition) is 3. The lowest BCUT2D eigenvalue weighted by atomic mass is 10.0. The van der Waals surface area contributed by atoms with Gasteiger partial charge in [-0.15, -0.1) is 0 Å². The van der Waals surface area contributed by atoms with Crippen molar-refractivity contribution < 1.29 is 13.2 Å². The minimum absolute atomic E-state index is 0.137. The van der Waals surface area contributed by atoms with E-state index in [1.54, 1.807) is 12.1 Å². The van der Waals surface area contributed by atoms with E-state index in [2.05, 4.69) is 0 Å². The molecule has 104 valence electrons. The van der Waals surface area contributed by atoms with Gasteiger partial charge in [-0.3, -0.25) is 4.79 Å². The maximum Gasteiger partial charge on any atom is 0.252 e. The zero-order valence-electron chi connectivity index (χ0n) is 11.2. The summed E-state index contributed by atoms with van der Waals surface area (Å²) >= 11 is 5.51. The van der Waals surface area contributed by atoms with Crippen LogP contribution in [-0.2, 0) is 16.3 Å². The lowest BCUT2D eigenvalue weighted by molar-refractivity contribution is 0.108. The number of sulfone groups is 1. The van der Waals surface area contributed by atoms with Crippen molar-refractivity contribution >= 4 is 32.8 Å². The number of halogens is 1. The van der Waals surface area contributed by atoms with Crippen LogP contribution >= 0.6 is 11.6 Å². The first-order valence-corrected chi connectivity index (χ1v) is 8.31. The number of carbonyl (C=O) groups excluding carboxylic acids is 1. The summed E-state index contributed by atoms with van der Waals surface area (Å²) in [5, 5.41) is -0.632. The van der Waals surface area contributed by atoms with E-state index in [-0.39, 0.29) is 10.5 Å². The molecule has 5 heteroatoms. The first-order valence-electron chi connectivity index (χ1n) is 6.04. The topological polar surface area (TPSA) is 51.2 Å². The van der Waals surface area contributed by atoms with Gasteiger partial charge in [0.25, 0.3) is 5.24 Å². The van der Waals surface area contributed by atoms with Gasteiger partial charge in [0.2, 0.25) is 0 Å². The Bertz CT molecular complexity index is 616. The molecule has 0 N–H and O–H groups in total. The fraction of sp³-hybridized carbons (Fsp3) is 0.357. The number of hydrogen-bond donors (Lipinski definition) is 0. The highest BCUT2D eigenvalue weighted by Crippen LogP contribution is 2.24. The molecule has 3 nitrogen and oxygen atoms in total. The van der Waals surface area contributed by atoms with E-state index in [0.29, 0.717) is 12.0 Å². The molecule has 19 heavy (non-hydrogen) atoms. The highest BCUT2D eigenvalue weighted by atomic mass is 35.5. The molecule has 0 radical (unpaired) electrons. The Hall–Kier alpha value is -1.13. The number of rotatable bonds is 5. The summed E-state index contributed by atoms with van der Waals surface area (Å²) in [4.78, 5) is 11.5. The third-order valence-electron chi connectivity index (χ3n) is 2.76. The average molecular weight is 301 g/mol. The largest absolute Gasteiger partial charge is 0.276 e. The predicted octanol–water partition coefficient (Wildman–Crippen LogP) is 3.45. The molecule has 0 aliphatic rings. The van der Waals surface area contributed by atoms with Gasteiger partial charge in [0.15, 0.2) is 9.84 Å². The molecule has 0 aliphatic carbocycles. The molecule has 1 aromatic carbocycles. The predicted molar refractivity (Wildman–Crippen MR) is 78.4 cm³/mol. The van der Waals surface area contributed by atoms with Crippen LogP contribution in [0, 0.1) is 0 Å². The highest BCUT2D eigenvalue weighted by molar-refractivity contribution is 7.90. The van der Waals surface area contributed by atoms with Crippen LogP contribution in [0.15, 0.2) is 23.1 Å². The van der Waals surface area contributed by atoms with E-state index < -0.39 is 15.1 Å². The summed E-state index contributed by atoms with van der Waals surface area (Å²) in [6.07, 6.45) is 6.19. The van der Waals surface area contributed by atoms with Crippen molar-refractivity contribution in [3.8, 4) is 0 Å². The molecule has 0 bridgehead atoms. The quantitative estimate of drug-likeness (QED) is 0.783. The number of aryl methyl sites for hydroxylation is 1. The van der Waals surface area contributed by atoms with Crippen molar-refractivity contribution in [3.05, 3.63) is 34.9 Å². The van der Waals surface area contributed by atoms with Gasteiger partial charge in [-0.2, -0.15) is 0 Å². The molecule has 0 fully saturated rings. The second-order valence-electron chi connectivity index (χ2n) is 4.26. The van der Waals surface area contributed by atoms with Gasteiger partial charge in [0.1, 0.15) is 0 Å². The van der Waals surface area contributed by atoms with Crippen molar-refractivity contribution in [1.82, 2.24) is 0 Å². The Labute approximate surface area is 119 Å². The summed E-state index contributed by atoms with van der Waals surface area (Å²) in [6, 6.07) is 3.09. The molecule has 0 aromatic heterocycles. The van der Waals surface area contributed by atoms with Crippen LogP contribution in [0.25, 0.3) is 6.08 Å². The lowest BCUT2D eigenvalue weighted by Crippen LogP contribution is -2.06. The van der Waals surface area contributed by atoms with Gasteiger partial charge in [-0.1, -0.05) is 26.0 Å². The molecule has 0 aliphatic heterocycles. The van der Waals surface area contributed by atoms with Crippen LogP contribution in [0.3, 0.4) is 0 Å². The summed E-state index contributed by atoms with van der Waals surface area (Å²) in [5.41, 5.74) is 1.62. The van der Waals surface area contributed by atoms with Crippen LogP contribution in [0.5, 0.6) is 0 Å². The number of carbonyl (C=O) groups is 1. The minimum Gasteiger partial charge on any atom is -0.276 e. The molecule has 1 rings (SSSR count). The second-order valence-corrected chi connectivity index (χ2v) is 6.58. The van der Waals surface area contributed by atoms with E-state index in [4.69, 9.17) is 11.6 Å². The maximum atomic E-state index is 11.8. The summed E-state index contributed by atoms with van der Waals surface area (Å²) in [7, 11) is -3.41. The Morgan fingerprint density at radius 2 is 1.95 bits per heavy atom. The van der Waals surface area contributed by atoms with E-state index in [1.165, 1.54) is 6.07 Å². The molecule has 0 amide bonds. The Kier molecular flexibility index (Phi) is 5.32. The number of benzene rings is 1. The van der Waals surface area contributed by atoms with Crippen LogP contribution in [0.2, 0.25) is 0 Å². The highest BCUT2D eigenvalue weighted by Gasteiger charge is 2.18. The fourth-order valence-corrected chi connectivity index (χ4v) is 2.88. The monoisotopic (exact) mass is 300 g/mol. The Morgan fingerprint density at radius 1 is 1.32 bits per heavy atom. The van der Waals surface area contributed by atoms with Crippen molar-refractivity contribution in [2.24, 2.45) is 0 Å². The van der Waals surface area contributed by atoms with E-state index in [9.17, 15) is 13.2 Å². The minimum atomic E-state index is -3.41. The van der Waals surface area contributed by atoms with Crippen LogP contribution in [0.1, 0.15) is 41.8 Å².